The Balaban J connectivity index is 5.40. The van der Waals surface area contributed by atoms with Crippen molar-refractivity contribution in [2.45, 2.75) is 96.4 Å². The van der Waals surface area contributed by atoms with Crippen molar-refractivity contribution in [2.75, 3.05) is 13.2 Å². The number of alkyl halides is 1. The predicted octanol–water partition coefficient (Wildman–Crippen LogP) is 3.38. The molecule has 0 aromatic carbocycles. The van der Waals surface area contributed by atoms with Crippen LogP contribution in [0, 0.1) is 0 Å². The first kappa shape index (κ1) is 25.3. The smallest absolute Gasteiger partial charge is 0.207 e. The Labute approximate surface area is 158 Å². The molecule has 4 atom stereocenters. The van der Waals surface area contributed by atoms with E-state index in [1.807, 2.05) is 26.9 Å². The largest absolute Gasteiger partial charge is 0.391 e. The third-order valence-corrected chi connectivity index (χ3v) is 8.76. The third kappa shape index (κ3) is 7.80. The van der Waals surface area contributed by atoms with Crippen LogP contribution in [0.5, 0.6) is 0 Å². The standard InChI is InChI=1S/C17H37ClO6Si/c1-8-12-14(24-25(6,7)13(18)9-2)23-17(5,15(19)21-10-3)16(20)22-11-4/h13-16,19-20H,8-12H2,1-7H3. The van der Waals surface area contributed by atoms with Crippen LogP contribution in [-0.2, 0) is 18.6 Å². The van der Waals surface area contributed by atoms with Crippen LogP contribution in [-0.4, -0.2) is 61.2 Å². The second-order valence-electron chi connectivity index (χ2n) is 6.73. The molecule has 0 spiro atoms. The van der Waals surface area contributed by atoms with Gasteiger partial charge in [-0.15, -0.1) is 11.6 Å². The van der Waals surface area contributed by atoms with Crippen LogP contribution < -0.4 is 0 Å². The van der Waals surface area contributed by atoms with Crippen molar-refractivity contribution in [3.63, 3.8) is 0 Å². The van der Waals surface area contributed by atoms with Crippen molar-refractivity contribution in [1.82, 2.24) is 0 Å². The van der Waals surface area contributed by atoms with Gasteiger partial charge in [0.15, 0.2) is 18.2 Å². The van der Waals surface area contributed by atoms with Gasteiger partial charge in [0.1, 0.15) is 6.29 Å². The van der Waals surface area contributed by atoms with Gasteiger partial charge in [-0.05, 0) is 46.7 Å². The molecule has 0 saturated carbocycles. The maximum absolute atomic E-state index is 10.4. The first-order chi connectivity index (χ1) is 11.6. The first-order valence-corrected chi connectivity index (χ1v) is 12.6. The lowest BCUT2D eigenvalue weighted by Crippen LogP contribution is -2.57. The fourth-order valence-corrected chi connectivity index (χ4v) is 4.58. The number of hydrogen-bond donors (Lipinski definition) is 2. The van der Waals surface area contributed by atoms with E-state index in [9.17, 15) is 10.2 Å². The van der Waals surface area contributed by atoms with Gasteiger partial charge in [-0.2, -0.15) is 0 Å². The predicted molar refractivity (Wildman–Crippen MR) is 102 cm³/mol. The summed E-state index contributed by atoms with van der Waals surface area (Å²) in [7, 11) is -2.22. The minimum Gasteiger partial charge on any atom is -0.391 e. The molecule has 0 aromatic heterocycles. The van der Waals surface area contributed by atoms with Crippen LogP contribution in [0.1, 0.15) is 53.9 Å². The SMILES string of the molecule is CCCC(OC(C)(C(O)OCC)C(O)OCC)O[Si](C)(C)C(Cl)CC. The summed E-state index contributed by atoms with van der Waals surface area (Å²) in [5.41, 5.74) is -1.48. The maximum Gasteiger partial charge on any atom is 0.207 e. The van der Waals surface area contributed by atoms with Gasteiger partial charge in [-0.3, -0.25) is 0 Å². The molecule has 4 unspecified atom stereocenters. The zero-order valence-corrected chi connectivity index (χ0v) is 18.5. The Bertz CT molecular complexity index is 346. The molecule has 0 heterocycles. The molecule has 0 aliphatic carbocycles. The van der Waals surface area contributed by atoms with E-state index in [0.717, 1.165) is 12.8 Å². The maximum atomic E-state index is 10.4. The summed E-state index contributed by atoms with van der Waals surface area (Å²) in [5.74, 6) is 0. The van der Waals surface area contributed by atoms with Crippen molar-refractivity contribution in [3.05, 3.63) is 0 Å². The Hall–Kier alpha value is 0.267. The number of aliphatic hydroxyl groups is 2. The number of rotatable bonds is 14. The van der Waals surface area contributed by atoms with Gasteiger partial charge in [0, 0.05) is 13.2 Å². The summed E-state index contributed by atoms with van der Waals surface area (Å²) in [5, 5.41) is 20.7. The van der Waals surface area contributed by atoms with E-state index >= 15 is 0 Å². The monoisotopic (exact) mass is 400 g/mol. The van der Waals surface area contributed by atoms with Gasteiger partial charge < -0.3 is 28.8 Å². The minimum atomic E-state index is -2.22. The summed E-state index contributed by atoms with van der Waals surface area (Å²) in [4.78, 5) is 0. The Morgan fingerprint density at radius 2 is 1.48 bits per heavy atom. The molecule has 0 amide bonds. The number of hydrogen-bond acceptors (Lipinski definition) is 6. The molecule has 6 nitrogen and oxygen atoms in total. The second-order valence-corrected chi connectivity index (χ2v) is 11.8. The van der Waals surface area contributed by atoms with E-state index < -0.39 is 32.8 Å². The quantitative estimate of drug-likeness (QED) is 0.264. The van der Waals surface area contributed by atoms with Crippen LogP contribution >= 0.6 is 11.6 Å². The fraction of sp³-hybridized carbons (Fsp3) is 1.00. The summed E-state index contributed by atoms with van der Waals surface area (Å²) in [6, 6.07) is 0. The van der Waals surface area contributed by atoms with Crippen LogP contribution in [0.15, 0.2) is 0 Å². The van der Waals surface area contributed by atoms with Crippen LogP contribution in [0.3, 0.4) is 0 Å². The topological polar surface area (TPSA) is 77.4 Å². The molecule has 0 saturated heterocycles. The van der Waals surface area contributed by atoms with Gasteiger partial charge in [0.05, 0.1) is 5.00 Å². The molecule has 0 radical (unpaired) electrons. The lowest BCUT2D eigenvalue weighted by Gasteiger charge is -2.42. The highest BCUT2D eigenvalue weighted by atomic mass is 35.5. The van der Waals surface area contributed by atoms with Crippen molar-refractivity contribution in [3.8, 4) is 0 Å². The number of ether oxygens (including phenoxy) is 3. The molecule has 0 fully saturated rings. The van der Waals surface area contributed by atoms with Gasteiger partial charge >= 0.3 is 0 Å². The van der Waals surface area contributed by atoms with Crippen LogP contribution in [0.4, 0.5) is 0 Å². The van der Waals surface area contributed by atoms with E-state index in [-0.39, 0.29) is 18.2 Å². The minimum absolute atomic E-state index is 0.0599. The van der Waals surface area contributed by atoms with E-state index in [4.69, 9.17) is 30.2 Å². The van der Waals surface area contributed by atoms with Crippen LogP contribution in [0.2, 0.25) is 13.1 Å². The van der Waals surface area contributed by atoms with Crippen molar-refractivity contribution >= 4 is 19.9 Å². The highest BCUT2D eigenvalue weighted by Crippen LogP contribution is 2.29. The molecule has 152 valence electrons. The number of halogens is 1. The molecule has 25 heavy (non-hydrogen) atoms. The lowest BCUT2D eigenvalue weighted by atomic mass is 10.1. The van der Waals surface area contributed by atoms with E-state index in [1.54, 1.807) is 20.8 Å². The highest BCUT2D eigenvalue weighted by Gasteiger charge is 2.46. The third-order valence-electron chi connectivity index (χ3n) is 4.09. The summed E-state index contributed by atoms with van der Waals surface area (Å²) >= 11 is 6.43. The zero-order valence-electron chi connectivity index (χ0n) is 16.8. The molecular weight excluding hydrogens is 364 g/mol. The average molecular weight is 401 g/mol. The molecule has 0 bridgehead atoms. The molecule has 0 aliphatic rings. The highest BCUT2D eigenvalue weighted by molar-refractivity contribution is 6.79. The van der Waals surface area contributed by atoms with Crippen molar-refractivity contribution in [2.24, 2.45) is 0 Å². The van der Waals surface area contributed by atoms with Crippen LogP contribution in [0.25, 0.3) is 0 Å². The summed E-state index contributed by atoms with van der Waals surface area (Å²) in [6.07, 6.45) is -1.10. The first-order valence-electron chi connectivity index (χ1n) is 9.17. The molecule has 8 heteroatoms. The molecule has 2 N–H and O–H groups in total. The molecule has 0 rings (SSSR count). The summed E-state index contributed by atoms with van der Waals surface area (Å²) < 4.78 is 22.8. The van der Waals surface area contributed by atoms with Gasteiger partial charge in [0.2, 0.25) is 8.32 Å². The molecule has 0 aromatic rings. The van der Waals surface area contributed by atoms with Gasteiger partial charge in [-0.25, -0.2) is 0 Å². The zero-order chi connectivity index (χ0) is 19.7. The molecule has 0 aliphatic heterocycles. The summed E-state index contributed by atoms with van der Waals surface area (Å²) in [6.45, 7) is 13.7. The van der Waals surface area contributed by atoms with E-state index in [0.29, 0.717) is 6.42 Å². The molecular formula is C17H37ClO6Si. The fourth-order valence-electron chi connectivity index (χ4n) is 2.45. The lowest BCUT2D eigenvalue weighted by molar-refractivity contribution is -0.337. The Kier molecular flexibility index (Phi) is 12.0. The van der Waals surface area contributed by atoms with Gasteiger partial charge in [0.25, 0.3) is 0 Å². The van der Waals surface area contributed by atoms with Crippen molar-refractivity contribution in [1.29, 1.82) is 0 Å². The Morgan fingerprint density at radius 3 is 1.84 bits per heavy atom. The van der Waals surface area contributed by atoms with E-state index in [1.165, 1.54) is 0 Å². The van der Waals surface area contributed by atoms with Gasteiger partial charge in [-0.1, -0.05) is 20.3 Å². The van der Waals surface area contributed by atoms with E-state index in [2.05, 4.69) is 0 Å². The normalized spacial score (nSPS) is 19.9. The van der Waals surface area contributed by atoms with Crippen molar-refractivity contribution < 1.29 is 28.8 Å². The average Bonchev–Trinajstić information content (AvgIpc) is 2.54. The second kappa shape index (κ2) is 11.9. The Morgan fingerprint density at radius 1 is 1.00 bits per heavy atom. The number of aliphatic hydroxyl groups excluding tert-OH is 2.